The van der Waals surface area contributed by atoms with E-state index in [1.54, 1.807) is 0 Å². The quantitative estimate of drug-likeness (QED) is 0.527. The number of amides is 1. The van der Waals surface area contributed by atoms with E-state index in [4.69, 9.17) is 5.10 Å². The summed E-state index contributed by atoms with van der Waals surface area (Å²) in [4.78, 5) is 13.3. The number of hydrogen-bond acceptors (Lipinski definition) is 2. The number of carbonyl (C=O) groups excluding carboxylic acids is 1. The maximum Gasteiger partial charge on any atom is 0.276 e. The third-order valence-corrected chi connectivity index (χ3v) is 7.87. The lowest BCUT2D eigenvalue weighted by Crippen LogP contribution is -2.33. The number of rotatable bonds is 3. The maximum absolute atomic E-state index is 13.3. The topological polar surface area (TPSA) is 46.9 Å². The predicted octanol–water partition coefficient (Wildman–Crippen LogP) is 6.06. The van der Waals surface area contributed by atoms with Gasteiger partial charge in [-0.2, -0.15) is 5.10 Å². The van der Waals surface area contributed by atoms with Gasteiger partial charge >= 0.3 is 0 Å². The zero-order valence-electron chi connectivity index (χ0n) is 16.9. The number of anilines is 1. The molecule has 29 heavy (non-hydrogen) atoms. The summed E-state index contributed by atoms with van der Waals surface area (Å²) in [5, 5.41) is 7.91. The molecule has 2 aromatic carbocycles. The van der Waals surface area contributed by atoms with Crippen LogP contribution in [0.25, 0.3) is 5.69 Å². The minimum absolute atomic E-state index is 0.00593. The molecule has 1 N–H and O–H groups in total. The Hall–Kier alpha value is -2.40. The molecule has 2 aliphatic rings. The fraction of sp³-hybridized carbons (Fsp3) is 0.333. The first kappa shape index (κ1) is 18.6. The third-order valence-electron chi connectivity index (χ3n) is 7.34. The van der Waals surface area contributed by atoms with Gasteiger partial charge in [0, 0.05) is 21.1 Å². The fourth-order valence-corrected chi connectivity index (χ4v) is 5.63. The van der Waals surface area contributed by atoms with Crippen molar-refractivity contribution in [1.29, 1.82) is 0 Å². The Morgan fingerprint density at radius 3 is 2.48 bits per heavy atom. The van der Waals surface area contributed by atoms with Gasteiger partial charge in [0.2, 0.25) is 0 Å². The Balaban J connectivity index is 1.65. The summed E-state index contributed by atoms with van der Waals surface area (Å²) in [6, 6.07) is 17.8. The van der Waals surface area contributed by atoms with Crippen LogP contribution in [-0.4, -0.2) is 15.7 Å². The maximum atomic E-state index is 13.3. The molecule has 0 spiro atoms. The summed E-state index contributed by atoms with van der Waals surface area (Å²) < 4.78 is 3.00. The van der Waals surface area contributed by atoms with E-state index in [1.807, 2.05) is 47.1 Å². The highest BCUT2D eigenvalue weighted by Crippen LogP contribution is 2.68. The highest BCUT2D eigenvalue weighted by Gasteiger charge is 2.63. The highest BCUT2D eigenvalue weighted by molar-refractivity contribution is 9.10. The number of benzene rings is 2. The molecular weight excluding hydrogens is 426 g/mol. The Morgan fingerprint density at radius 1 is 1.10 bits per heavy atom. The van der Waals surface area contributed by atoms with Crippen molar-refractivity contribution in [3.8, 4) is 5.69 Å². The lowest BCUT2D eigenvalue weighted by Gasteiger charge is -2.35. The van der Waals surface area contributed by atoms with E-state index >= 15 is 0 Å². The van der Waals surface area contributed by atoms with E-state index in [2.05, 4.69) is 54.2 Å². The van der Waals surface area contributed by atoms with E-state index in [0.717, 1.165) is 34.3 Å². The summed E-state index contributed by atoms with van der Waals surface area (Å²) in [5.41, 5.74) is 4.81. The molecule has 1 aromatic heterocycles. The zero-order chi connectivity index (χ0) is 20.4. The summed E-state index contributed by atoms with van der Waals surface area (Å²) in [6.45, 7) is 7.03. The van der Waals surface area contributed by atoms with Crippen molar-refractivity contribution in [2.24, 2.45) is 5.41 Å². The Bertz CT molecular complexity index is 1100. The lowest BCUT2D eigenvalue weighted by atomic mass is 9.70. The van der Waals surface area contributed by atoms with Gasteiger partial charge in [-0.25, -0.2) is 4.68 Å². The van der Waals surface area contributed by atoms with Crippen molar-refractivity contribution in [2.45, 2.75) is 44.9 Å². The van der Waals surface area contributed by atoms with Crippen LogP contribution >= 0.6 is 15.9 Å². The molecule has 3 aromatic rings. The average Bonchev–Trinajstić information content (AvgIpc) is 3.27. The van der Waals surface area contributed by atoms with E-state index in [-0.39, 0.29) is 16.7 Å². The number of fused-ring (bicyclic) bond motifs is 5. The number of carbonyl (C=O) groups is 1. The molecule has 1 heterocycles. The predicted molar refractivity (Wildman–Crippen MR) is 119 cm³/mol. The van der Waals surface area contributed by atoms with Crippen LogP contribution in [0, 0.1) is 5.41 Å². The van der Waals surface area contributed by atoms with E-state index in [1.165, 1.54) is 5.69 Å². The standard InChI is InChI=1S/C24H24BrN3O/c1-23(2)18-13-14-24(23,3)21-19(18)20(27-28(21)17-7-5-4-6-8-17)22(29)26-16-11-9-15(25)10-12-16/h4-12,18H,13-14H2,1-3H3,(H,26,29)/t18-,24-/m0/s1. The first-order valence-electron chi connectivity index (χ1n) is 10.1. The lowest BCUT2D eigenvalue weighted by molar-refractivity contribution is 0.101. The zero-order valence-corrected chi connectivity index (χ0v) is 18.5. The SMILES string of the molecule is CC1(C)[C@H]2CC[C@@]1(C)c1c2c(C(=O)Nc2ccc(Br)cc2)nn1-c1ccccc1. The largest absolute Gasteiger partial charge is 0.321 e. The van der Waals surface area contributed by atoms with Crippen molar-refractivity contribution in [3.05, 3.63) is 76.0 Å². The van der Waals surface area contributed by atoms with Gasteiger partial charge in [-0.05, 0) is 60.6 Å². The second-order valence-corrected chi connectivity index (χ2v) is 9.88. The number of para-hydroxylation sites is 1. The molecule has 5 heteroatoms. The van der Waals surface area contributed by atoms with E-state index < -0.39 is 0 Å². The van der Waals surface area contributed by atoms with Gasteiger partial charge in [-0.1, -0.05) is 54.9 Å². The minimum Gasteiger partial charge on any atom is -0.321 e. The summed E-state index contributed by atoms with van der Waals surface area (Å²) >= 11 is 3.44. The van der Waals surface area contributed by atoms with Gasteiger partial charge in [-0.3, -0.25) is 4.79 Å². The molecule has 0 radical (unpaired) electrons. The summed E-state index contributed by atoms with van der Waals surface area (Å²) in [7, 11) is 0. The number of aromatic nitrogens is 2. The first-order chi connectivity index (χ1) is 13.8. The van der Waals surface area contributed by atoms with E-state index in [0.29, 0.717) is 11.6 Å². The third kappa shape index (κ3) is 2.56. The molecule has 1 amide bonds. The fourth-order valence-electron chi connectivity index (χ4n) is 5.37. The smallest absolute Gasteiger partial charge is 0.276 e. The Kier molecular flexibility index (Phi) is 4.04. The molecule has 4 nitrogen and oxygen atoms in total. The normalized spacial score (nSPS) is 23.8. The van der Waals surface area contributed by atoms with Gasteiger partial charge in [0.05, 0.1) is 11.4 Å². The van der Waals surface area contributed by atoms with Crippen LogP contribution in [-0.2, 0) is 5.41 Å². The van der Waals surface area contributed by atoms with Crippen molar-refractivity contribution < 1.29 is 4.79 Å². The molecule has 0 saturated heterocycles. The average molecular weight is 450 g/mol. The molecule has 1 saturated carbocycles. The molecule has 148 valence electrons. The van der Waals surface area contributed by atoms with Crippen molar-refractivity contribution >= 4 is 27.5 Å². The summed E-state index contributed by atoms with van der Waals surface area (Å²) in [5.74, 6) is 0.218. The van der Waals surface area contributed by atoms with Crippen LogP contribution in [0.3, 0.4) is 0 Å². The number of hydrogen-bond donors (Lipinski definition) is 1. The van der Waals surface area contributed by atoms with Crippen molar-refractivity contribution in [3.63, 3.8) is 0 Å². The van der Waals surface area contributed by atoms with Crippen LogP contribution in [0.1, 0.15) is 61.3 Å². The van der Waals surface area contributed by atoms with Gasteiger partial charge < -0.3 is 5.32 Å². The number of halogens is 1. The molecular formula is C24H24BrN3O. The summed E-state index contributed by atoms with van der Waals surface area (Å²) in [6.07, 6.45) is 2.24. The van der Waals surface area contributed by atoms with Crippen LogP contribution < -0.4 is 5.32 Å². The second-order valence-electron chi connectivity index (χ2n) is 8.96. The van der Waals surface area contributed by atoms with Crippen LogP contribution in [0.15, 0.2) is 59.1 Å². The highest BCUT2D eigenvalue weighted by atomic mass is 79.9. The van der Waals surface area contributed by atoms with E-state index in [9.17, 15) is 4.79 Å². The van der Waals surface area contributed by atoms with Gasteiger partial charge in [0.15, 0.2) is 5.69 Å². The van der Waals surface area contributed by atoms with Gasteiger partial charge in [0.1, 0.15) is 0 Å². The number of nitrogens with zero attached hydrogens (tertiary/aromatic N) is 2. The molecule has 2 bridgehead atoms. The molecule has 0 unspecified atom stereocenters. The molecule has 1 fully saturated rings. The van der Waals surface area contributed by atoms with Crippen LogP contribution in [0.2, 0.25) is 0 Å². The minimum atomic E-state index is -0.134. The van der Waals surface area contributed by atoms with Crippen molar-refractivity contribution in [2.75, 3.05) is 5.32 Å². The monoisotopic (exact) mass is 449 g/mol. The van der Waals surface area contributed by atoms with Gasteiger partial charge in [0.25, 0.3) is 5.91 Å². The van der Waals surface area contributed by atoms with Crippen molar-refractivity contribution in [1.82, 2.24) is 9.78 Å². The Labute approximate surface area is 179 Å². The van der Waals surface area contributed by atoms with Crippen LogP contribution in [0.5, 0.6) is 0 Å². The molecule has 0 aliphatic heterocycles. The molecule has 5 rings (SSSR count). The first-order valence-corrected chi connectivity index (χ1v) is 10.9. The van der Waals surface area contributed by atoms with Crippen LogP contribution in [0.4, 0.5) is 5.69 Å². The van der Waals surface area contributed by atoms with Gasteiger partial charge in [-0.15, -0.1) is 0 Å². The second kappa shape index (κ2) is 6.30. The Morgan fingerprint density at radius 2 is 1.79 bits per heavy atom. The number of nitrogens with one attached hydrogen (secondary N) is 1. The molecule has 2 atom stereocenters. The molecule has 2 aliphatic carbocycles.